The third-order valence-electron chi connectivity index (χ3n) is 10.8. The first-order chi connectivity index (χ1) is 16.0. The highest BCUT2D eigenvalue weighted by Gasteiger charge is 2.61. The Morgan fingerprint density at radius 1 is 1.18 bits per heavy atom. The highest BCUT2D eigenvalue weighted by molar-refractivity contribution is 5.35. The minimum absolute atomic E-state index is 0.00978. The Labute approximate surface area is 210 Å². The molecular formula is C33H47N. The zero-order valence-corrected chi connectivity index (χ0v) is 22.9. The second-order valence-electron chi connectivity index (χ2n) is 12.4. The molecule has 0 heterocycles. The highest BCUT2D eigenvalue weighted by Crippen LogP contribution is 2.69. The maximum absolute atomic E-state index is 9.80. The zero-order chi connectivity index (χ0) is 25.4. The molecule has 0 aromatic carbocycles. The molecular weight excluding hydrogens is 410 g/mol. The standard InChI is InChI=1S/C33H47N/c1-10-14-28-31(8,20-15-27(25(5)12-3)32(28,9)22-24(4)23-34)29-16-21-33(18-13-19-33)26(6)30(29,7)17-11-2/h10,12-14,18,24-27,29H,1,3,15-16,19-22H2,2,4-9H3/b28-14+. The molecule has 2 saturated carbocycles. The van der Waals surface area contributed by atoms with Gasteiger partial charge in [-0.15, -0.1) is 12.5 Å². The summed E-state index contributed by atoms with van der Waals surface area (Å²) in [5, 5.41) is 9.80. The van der Waals surface area contributed by atoms with Gasteiger partial charge in [0.25, 0.3) is 0 Å². The van der Waals surface area contributed by atoms with Crippen molar-refractivity contribution in [2.75, 3.05) is 0 Å². The van der Waals surface area contributed by atoms with Crippen molar-refractivity contribution in [1.29, 1.82) is 5.26 Å². The highest BCUT2D eigenvalue weighted by atomic mass is 14.6. The number of allylic oxidation sites excluding steroid dienone is 6. The normalized spacial score (nSPS) is 44.3. The summed E-state index contributed by atoms with van der Waals surface area (Å²) in [4.78, 5) is 0. The van der Waals surface area contributed by atoms with Gasteiger partial charge in [-0.2, -0.15) is 5.26 Å². The van der Waals surface area contributed by atoms with E-state index in [1.54, 1.807) is 0 Å². The molecule has 0 N–H and O–H groups in total. The second kappa shape index (κ2) is 9.57. The van der Waals surface area contributed by atoms with Crippen LogP contribution in [0.3, 0.4) is 0 Å². The topological polar surface area (TPSA) is 23.8 Å². The van der Waals surface area contributed by atoms with Gasteiger partial charge in [-0.05, 0) is 99.2 Å². The van der Waals surface area contributed by atoms with Crippen molar-refractivity contribution < 1.29 is 0 Å². The van der Waals surface area contributed by atoms with E-state index in [2.05, 4.69) is 96.9 Å². The fourth-order valence-electron chi connectivity index (χ4n) is 8.77. The summed E-state index contributed by atoms with van der Waals surface area (Å²) >= 11 is 0. The van der Waals surface area contributed by atoms with Crippen molar-refractivity contribution in [2.45, 2.75) is 87.0 Å². The molecule has 0 saturated heterocycles. The largest absolute Gasteiger partial charge is 0.198 e. The van der Waals surface area contributed by atoms with Gasteiger partial charge < -0.3 is 0 Å². The predicted molar refractivity (Wildman–Crippen MR) is 146 cm³/mol. The monoisotopic (exact) mass is 457 g/mol. The van der Waals surface area contributed by atoms with Gasteiger partial charge >= 0.3 is 0 Å². The van der Waals surface area contributed by atoms with E-state index in [4.69, 9.17) is 0 Å². The van der Waals surface area contributed by atoms with Crippen molar-refractivity contribution in [3.05, 3.63) is 49.1 Å². The molecule has 0 amide bonds. The van der Waals surface area contributed by atoms with Crippen LogP contribution in [0.2, 0.25) is 0 Å². The molecule has 1 heteroatoms. The van der Waals surface area contributed by atoms with Gasteiger partial charge in [0.1, 0.15) is 0 Å². The number of nitriles is 1. The van der Waals surface area contributed by atoms with Gasteiger partial charge in [0.15, 0.2) is 0 Å². The van der Waals surface area contributed by atoms with Gasteiger partial charge in [-0.1, -0.05) is 76.1 Å². The summed E-state index contributed by atoms with van der Waals surface area (Å²) in [5.74, 6) is 9.03. The van der Waals surface area contributed by atoms with Crippen molar-refractivity contribution >= 4 is 0 Å². The van der Waals surface area contributed by atoms with Crippen molar-refractivity contribution in [1.82, 2.24) is 0 Å². The third kappa shape index (κ3) is 3.95. The molecule has 9 atom stereocenters. The van der Waals surface area contributed by atoms with Crippen molar-refractivity contribution in [2.24, 2.45) is 51.2 Å². The number of hydrogen-bond donors (Lipinski definition) is 0. The fourth-order valence-corrected chi connectivity index (χ4v) is 8.77. The molecule has 0 radical (unpaired) electrons. The number of hydrogen-bond acceptors (Lipinski definition) is 1. The quantitative estimate of drug-likeness (QED) is 0.288. The molecule has 0 aromatic rings. The van der Waals surface area contributed by atoms with Crippen LogP contribution in [0, 0.1) is 74.4 Å². The zero-order valence-electron chi connectivity index (χ0n) is 22.9. The van der Waals surface area contributed by atoms with Gasteiger partial charge in [0, 0.05) is 11.3 Å². The Morgan fingerprint density at radius 3 is 2.35 bits per heavy atom. The van der Waals surface area contributed by atoms with E-state index in [1.165, 1.54) is 31.3 Å². The molecule has 1 spiro atoms. The van der Waals surface area contributed by atoms with Crippen molar-refractivity contribution in [3.8, 4) is 17.9 Å². The molecule has 3 rings (SSSR count). The lowest BCUT2D eigenvalue weighted by Crippen LogP contribution is -2.57. The van der Waals surface area contributed by atoms with E-state index >= 15 is 0 Å². The average molecular weight is 458 g/mol. The Morgan fingerprint density at radius 2 is 1.85 bits per heavy atom. The van der Waals surface area contributed by atoms with Crippen LogP contribution in [-0.2, 0) is 0 Å². The van der Waals surface area contributed by atoms with Crippen LogP contribution in [0.15, 0.2) is 49.1 Å². The Bertz CT molecular complexity index is 965. The first-order valence-electron chi connectivity index (χ1n) is 13.5. The minimum atomic E-state index is -0.0702. The summed E-state index contributed by atoms with van der Waals surface area (Å²) in [7, 11) is 0. The molecule has 184 valence electrons. The fraction of sp³-hybridized carbons (Fsp3) is 0.667. The molecule has 3 aliphatic rings. The van der Waals surface area contributed by atoms with Crippen LogP contribution in [0.4, 0.5) is 0 Å². The van der Waals surface area contributed by atoms with Crippen LogP contribution in [0.25, 0.3) is 0 Å². The Hall–Kier alpha value is -1.99. The summed E-state index contributed by atoms with van der Waals surface area (Å²) in [6.07, 6.45) is 18.1. The van der Waals surface area contributed by atoms with E-state index in [-0.39, 0.29) is 22.2 Å². The molecule has 0 aliphatic heterocycles. The van der Waals surface area contributed by atoms with Crippen LogP contribution < -0.4 is 0 Å². The summed E-state index contributed by atoms with van der Waals surface area (Å²) in [6.45, 7) is 24.6. The molecule has 1 nitrogen and oxygen atoms in total. The lowest BCUT2D eigenvalue weighted by Gasteiger charge is -2.64. The first kappa shape index (κ1) is 26.6. The number of nitrogens with zero attached hydrogens (tertiary/aromatic N) is 1. The van der Waals surface area contributed by atoms with Crippen molar-refractivity contribution in [3.63, 3.8) is 0 Å². The predicted octanol–water partition coefficient (Wildman–Crippen LogP) is 8.92. The molecule has 3 aliphatic carbocycles. The lowest BCUT2D eigenvalue weighted by atomic mass is 9.40. The van der Waals surface area contributed by atoms with Crippen LogP contribution in [0.5, 0.6) is 0 Å². The molecule has 0 aromatic heterocycles. The van der Waals surface area contributed by atoms with Crippen LogP contribution in [0.1, 0.15) is 87.0 Å². The SMILES string of the molecule is C=C/C=C1/C(C)(CC(C)C#N)C(C(C)C=C)CCC1(C)C1CCC2(C=CC2)C(C)C1(C)C#CC. The van der Waals surface area contributed by atoms with Gasteiger partial charge in [-0.3, -0.25) is 0 Å². The minimum Gasteiger partial charge on any atom is -0.198 e. The smallest absolute Gasteiger partial charge is 0.0653 e. The Balaban J connectivity index is 2.17. The Kier molecular flexibility index (Phi) is 7.49. The van der Waals surface area contributed by atoms with E-state index in [1.807, 2.05) is 13.0 Å². The van der Waals surface area contributed by atoms with E-state index in [9.17, 15) is 5.26 Å². The first-order valence-corrected chi connectivity index (χ1v) is 13.5. The van der Waals surface area contributed by atoms with E-state index in [0.29, 0.717) is 29.1 Å². The summed E-state index contributed by atoms with van der Waals surface area (Å²) in [5.41, 5.74) is 1.73. The maximum Gasteiger partial charge on any atom is 0.0653 e. The van der Waals surface area contributed by atoms with Gasteiger partial charge in [-0.25, -0.2) is 0 Å². The maximum atomic E-state index is 9.80. The summed E-state index contributed by atoms with van der Waals surface area (Å²) in [6, 6.07) is 2.55. The summed E-state index contributed by atoms with van der Waals surface area (Å²) < 4.78 is 0. The third-order valence-corrected chi connectivity index (χ3v) is 10.8. The molecule has 0 bridgehead atoms. The molecule has 9 unspecified atom stereocenters. The lowest BCUT2D eigenvalue weighted by molar-refractivity contribution is -0.0718. The molecule has 2 fully saturated rings. The number of rotatable bonds is 6. The second-order valence-corrected chi connectivity index (χ2v) is 12.4. The molecule has 34 heavy (non-hydrogen) atoms. The van der Waals surface area contributed by atoms with Crippen LogP contribution in [-0.4, -0.2) is 0 Å². The van der Waals surface area contributed by atoms with Gasteiger partial charge in [0.05, 0.1) is 6.07 Å². The average Bonchev–Trinajstić information content (AvgIpc) is 2.77. The van der Waals surface area contributed by atoms with Crippen LogP contribution >= 0.6 is 0 Å². The van der Waals surface area contributed by atoms with E-state index < -0.39 is 0 Å². The van der Waals surface area contributed by atoms with Gasteiger partial charge in [0.2, 0.25) is 0 Å². The van der Waals surface area contributed by atoms with E-state index in [0.717, 1.165) is 12.8 Å².